The Labute approximate surface area is 125 Å². The van der Waals surface area contributed by atoms with Gasteiger partial charge in [0, 0.05) is 23.2 Å². The van der Waals surface area contributed by atoms with Gasteiger partial charge in [-0.2, -0.15) is 0 Å². The first-order valence-electron chi connectivity index (χ1n) is 6.97. The first-order valence-corrected chi connectivity index (χ1v) is 7.85. The molecule has 0 saturated carbocycles. The highest BCUT2D eigenvalue weighted by Crippen LogP contribution is 2.23. The lowest BCUT2D eigenvalue weighted by atomic mass is 10.1. The van der Waals surface area contributed by atoms with E-state index in [9.17, 15) is 0 Å². The molecule has 0 saturated heterocycles. The summed E-state index contributed by atoms with van der Waals surface area (Å²) in [5.74, 6) is 0.923. The predicted molar refractivity (Wildman–Crippen MR) is 84.3 cm³/mol. The fourth-order valence-electron chi connectivity index (χ4n) is 2.10. The van der Waals surface area contributed by atoms with Crippen LogP contribution in [0.15, 0.2) is 36.0 Å². The Morgan fingerprint density at radius 3 is 2.30 bits per heavy atom. The molecular weight excluding hydrogens is 268 g/mol. The van der Waals surface area contributed by atoms with Crippen LogP contribution in [0.3, 0.4) is 0 Å². The molecule has 0 aliphatic heterocycles. The van der Waals surface area contributed by atoms with Crippen molar-refractivity contribution >= 4 is 11.3 Å². The largest absolute Gasteiger partial charge is 0.491 e. The topological polar surface area (TPSA) is 34.1 Å². The Morgan fingerprint density at radius 2 is 1.75 bits per heavy atom. The minimum Gasteiger partial charge on any atom is -0.491 e. The number of benzene rings is 1. The molecule has 108 valence electrons. The normalized spacial score (nSPS) is 14.2. The summed E-state index contributed by atoms with van der Waals surface area (Å²) in [4.78, 5) is 5.39. The lowest BCUT2D eigenvalue weighted by molar-refractivity contribution is 0.242. The quantitative estimate of drug-likeness (QED) is 0.859. The zero-order valence-electron chi connectivity index (χ0n) is 12.5. The summed E-state index contributed by atoms with van der Waals surface area (Å²) >= 11 is 1.68. The summed E-state index contributed by atoms with van der Waals surface area (Å²) in [6.07, 6.45) is 2.14. The lowest BCUT2D eigenvalue weighted by Gasteiger charge is -2.19. The number of thiazole rings is 1. The Hall–Kier alpha value is -1.39. The van der Waals surface area contributed by atoms with Crippen LogP contribution in [0.1, 0.15) is 50.2 Å². The Bertz CT molecular complexity index is 508. The van der Waals surface area contributed by atoms with Crippen LogP contribution in [0.5, 0.6) is 5.75 Å². The van der Waals surface area contributed by atoms with Gasteiger partial charge in [-0.3, -0.25) is 4.98 Å². The van der Waals surface area contributed by atoms with Crippen molar-refractivity contribution in [2.24, 2.45) is 0 Å². The van der Waals surface area contributed by atoms with Crippen molar-refractivity contribution in [2.75, 3.05) is 0 Å². The molecular formula is C16H22N2OS. The van der Waals surface area contributed by atoms with Gasteiger partial charge in [0.15, 0.2) is 0 Å². The lowest BCUT2D eigenvalue weighted by Crippen LogP contribution is -2.21. The molecule has 2 aromatic rings. The van der Waals surface area contributed by atoms with Crippen LogP contribution in [0.4, 0.5) is 0 Å². The van der Waals surface area contributed by atoms with Gasteiger partial charge in [0.2, 0.25) is 0 Å². The number of aromatic nitrogens is 1. The molecule has 1 heterocycles. The molecule has 1 N–H and O–H groups in total. The third kappa shape index (κ3) is 4.05. The van der Waals surface area contributed by atoms with E-state index in [4.69, 9.17) is 4.74 Å². The summed E-state index contributed by atoms with van der Waals surface area (Å²) in [5, 5.41) is 3.59. The zero-order valence-corrected chi connectivity index (χ0v) is 13.3. The summed E-state index contributed by atoms with van der Waals surface area (Å²) in [6.45, 7) is 8.42. The molecule has 1 aromatic carbocycles. The highest BCUT2D eigenvalue weighted by molar-refractivity contribution is 7.09. The predicted octanol–water partition coefficient (Wildman–Crippen LogP) is 4.34. The van der Waals surface area contributed by atoms with E-state index in [1.807, 2.05) is 37.7 Å². The van der Waals surface area contributed by atoms with Crippen molar-refractivity contribution in [3.05, 3.63) is 46.4 Å². The van der Waals surface area contributed by atoms with Gasteiger partial charge < -0.3 is 10.1 Å². The summed E-state index contributed by atoms with van der Waals surface area (Å²) in [5.41, 5.74) is 3.13. The van der Waals surface area contributed by atoms with Crippen LogP contribution < -0.4 is 10.1 Å². The van der Waals surface area contributed by atoms with Crippen LogP contribution in [-0.2, 0) is 0 Å². The van der Waals surface area contributed by atoms with Crippen molar-refractivity contribution in [1.29, 1.82) is 0 Å². The molecule has 0 bridgehead atoms. The number of hydrogen-bond donors (Lipinski definition) is 1. The summed E-state index contributed by atoms with van der Waals surface area (Å²) in [7, 11) is 0. The average Bonchev–Trinajstić information content (AvgIpc) is 2.92. The van der Waals surface area contributed by atoms with Crippen molar-refractivity contribution in [2.45, 2.75) is 45.9 Å². The highest BCUT2D eigenvalue weighted by atomic mass is 32.1. The number of rotatable bonds is 6. The van der Waals surface area contributed by atoms with E-state index in [0.717, 1.165) is 5.75 Å². The molecule has 4 heteroatoms. The second-order valence-corrected chi connectivity index (χ2v) is 6.17. The standard InChI is InChI=1S/C16H22N2OS/c1-11(2)19-15-7-5-14(6-8-15)12(3)18-13(4)16-9-17-10-20-16/h5-13,18H,1-4H3. The number of nitrogens with zero attached hydrogens (tertiary/aromatic N) is 1. The molecule has 0 radical (unpaired) electrons. The van der Waals surface area contributed by atoms with E-state index in [1.165, 1.54) is 10.4 Å². The molecule has 20 heavy (non-hydrogen) atoms. The minimum absolute atomic E-state index is 0.211. The molecule has 0 amide bonds. The second kappa shape index (κ2) is 6.86. The molecule has 2 rings (SSSR count). The Balaban J connectivity index is 1.97. The minimum atomic E-state index is 0.211. The molecule has 2 atom stereocenters. The number of hydrogen-bond acceptors (Lipinski definition) is 4. The average molecular weight is 290 g/mol. The van der Waals surface area contributed by atoms with E-state index < -0.39 is 0 Å². The highest BCUT2D eigenvalue weighted by Gasteiger charge is 2.12. The Kier molecular flexibility index (Phi) is 5.15. The van der Waals surface area contributed by atoms with Gasteiger partial charge in [-0.25, -0.2) is 0 Å². The fraction of sp³-hybridized carbons (Fsp3) is 0.438. The van der Waals surface area contributed by atoms with Gasteiger partial charge >= 0.3 is 0 Å². The van der Waals surface area contributed by atoms with Crippen LogP contribution in [0.2, 0.25) is 0 Å². The molecule has 0 aliphatic carbocycles. The smallest absolute Gasteiger partial charge is 0.119 e. The monoisotopic (exact) mass is 290 g/mol. The Morgan fingerprint density at radius 1 is 1.05 bits per heavy atom. The first-order chi connectivity index (χ1) is 9.56. The van der Waals surface area contributed by atoms with Crippen LogP contribution in [0, 0.1) is 0 Å². The van der Waals surface area contributed by atoms with Gasteiger partial charge in [0.1, 0.15) is 5.75 Å². The maximum atomic E-state index is 5.66. The molecule has 0 fully saturated rings. The third-order valence-electron chi connectivity index (χ3n) is 3.13. The van der Waals surface area contributed by atoms with Crippen molar-refractivity contribution in [1.82, 2.24) is 10.3 Å². The van der Waals surface area contributed by atoms with E-state index in [0.29, 0.717) is 12.1 Å². The summed E-state index contributed by atoms with van der Waals surface area (Å²) < 4.78 is 5.66. The molecule has 2 unspecified atom stereocenters. The van der Waals surface area contributed by atoms with E-state index >= 15 is 0 Å². The third-order valence-corrected chi connectivity index (χ3v) is 4.09. The van der Waals surface area contributed by atoms with E-state index in [-0.39, 0.29) is 6.10 Å². The molecule has 3 nitrogen and oxygen atoms in total. The molecule has 1 aromatic heterocycles. The number of nitrogens with one attached hydrogen (secondary N) is 1. The van der Waals surface area contributed by atoms with Gasteiger partial charge in [-0.15, -0.1) is 11.3 Å². The van der Waals surface area contributed by atoms with Crippen LogP contribution in [0.25, 0.3) is 0 Å². The van der Waals surface area contributed by atoms with Gasteiger partial charge in [-0.05, 0) is 45.4 Å². The maximum absolute atomic E-state index is 5.66. The van der Waals surface area contributed by atoms with Crippen molar-refractivity contribution in [3.8, 4) is 5.75 Å². The van der Waals surface area contributed by atoms with Crippen molar-refractivity contribution in [3.63, 3.8) is 0 Å². The maximum Gasteiger partial charge on any atom is 0.119 e. The van der Waals surface area contributed by atoms with Crippen LogP contribution >= 0.6 is 11.3 Å². The van der Waals surface area contributed by atoms with Crippen LogP contribution in [-0.4, -0.2) is 11.1 Å². The summed E-state index contributed by atoms with van der Waals surface area (Å²) in [6, 6.07) is 8.91. The van der Waals surface area contributed by atoms with Crippen molar-refractivity contribution < 1.29 is 4.74 Å². The van der Waals surface area contributed by atoms with E-state index in [2.05, 4.69) is 36.3 Å². The first kappa shape index (κ1) is 15.0. The van der Waals surface area contributed by atoms with Gasteiger partial charge in [-0.1, -0.05) is 12.1 Å². The number of ether oxygens (including phenoxy) is 1. The van der Waals surface area contributed by atoms with E-state index in [1.54, 1.807) is 11.3 Å². The zero-order chi connectivity index (χ0) is 14.5. The SMILES string of the molecule is CC(C)Oc1ccc(C(C)NC(C)c2cncs2)cc1. The van der Waals surface area contributed by atoms with Gasteiger partial charge in [0.25, 0.3) is 0 Å². The molecule has 0 spiro atoms. The van der Waals surface area contributed by atoms with Gasteiger partial charge in [0.05, 0.1) is 11.6 Å². The fourth-order valence-corrected chi connectivity index (χ4v) is 2.74. The molecule has 0 aliphatic rings. The second-order valence-electron chi connectivity index (χ2n) is 5.25.